The summed E-state index contributed by atoms with van der Waals surface area (Å²) in [7, 11) is 0. The number of hydrogen-bond donors (Lipinski definition) is 6. The van der Waals surface area contributed by atoms with Gasteiger partial charge in [-0.15, -0.1) is 12.4 Å². The Hall–Kier alpha value is -1.09. The van der Waals surface area contributed by atoms with E-state index in [0.717, 1.165) is 0 Å². The van der Waals surface area contributed by atoms with Crippen LogP contribution in [-0.4, -0.2) is 45.1 Å². The molecule has 0 saturated carbocycles. The molecule has 0 aliphatic heterocycles. The number of aliphatic carboxylic acids is 1. The molecule has 1 unspecified atom stereocenters. The highest BCUT2D eigenvalue weighted by Crippen LogP contribution is 2.26. The summed E-state index contributed by atoms with van der Waals surface area (Å²) in [6.07, 6.45) is -0.123. The predicted octanol–water partition coefficient (Wildman–Crippen LogP) is -1.67. The lowest BCUT2D eigenvalue weighted by Gasteiger charge is -2.36. The number of guanidine groups is 1. The Bertz CT molecular complexity index is 307. The molecule has 0 amide bonds. The Morgan fingerprint density at radius 1 is 1.33 bits per heavy atom. The predicted molar refractivity (Wildman–Crippen MR) is 69.2 cm³/mol. The summed E-state index contributed by atoms with van der Waals surface area (Å²) in [6.45, 7) is 1.61. The molecule has 9 heteroatoms. The Labute approximate surface area is 111 Å². The summed E-state index contributed by atoms with van der Waals surface area (Å²) in [6, 6.07) is 0. The van der Waals surface area contributed by atoms with E-state index in [0.29, 0.717) is 0 Å². The minimum absolute atomic E-state index is 0. The molecule has 0 heterocycles. The molecule has 0 aliphatic carbocycles. The molecule has 9 N–H and O–H groups in total. The lowest BCUT2D eigenvalue weighted by atomic mass is 9.83. The van der Waals surface area contributed by atoms with Gasteiger partial charge in [0.1, 0.15) is 0 Å². The van der Waals surface area contributed by atoms with Crippen molar-refractivity contribution in [3.8, 4) is 0 Å². The van der Waals surface area contributed by atoms with Gasteiger partial charge in [0, 0.05) is 13.0 Å². The minimum Gasteiger partial charge on any atom is -0.480 e. The van der Waals surface area contributed by atoms with E-state index in [1.807, 2.05) is 0 Å². The van der Waals surface area contributed by atoms with Crippen LogP contribution in [0.25, 0.3) is 0 Å². The standard InChI is InChI=1S/C9H20N4O4.ClH/c1-2-9(16,17)8(12,6(14)15)4-3-5-13-7(10)11;/h16-17H,2-5,12H2,1H3,(H,14,15)(H4,10,11,13);1H. The Kier molecular flexibility index (Phi) is 7.88. The molecule has 0 aromatic heterocycles. The van der Waals surface area contributed by atoms with E-state index in [9.17, 15) is 15.0 Å². The molecular weight excluding hydrogens is 264 g/mol. The Morgan fingerprint density at radius 2 is 1.83 bits per heavy atom. The van der Waals surface area contributed by atoms with E-state index in [1.54, 1.807) is 0 Å². The van der Waals surface area contributed by atoms with Gasteiger partial charge in [-0.3, -0.25) is 9.79 Å². The summed E-state index contributed by atoms with van der Waals surface area (Å²) in [5.74, 6) is -4.07. The van der Waals surface area contributed by atoms with Crippen molar-refractivity contribution >= 4 is 24.3 Å². The quantitative estimate of drug-likeness (QED) is 0.141. The fourth-order valence-corrected chi connectivity index (χ4v) is 1.36. The molecule has 0 spiro atoms. The van der Waals surface area contributed by atoms with Gasteiger partial charge in [-0.25, -0.2) is 0 Å². The molecule has 0 saturated heterocycles. The highest BCUT2D eigenvalue weighted by molar-refractivity contribution is 5.85. The monoisotopic (exact) mass is 284 g/mol. The van der Waals surface area contributed by atoms with Crippen LogP contribution in [0.5, 0.6) is 0 Å². The second-order valence-corrected chi connectivity index (χ2v) is 3.86. The fourth-order valence-electron chi connectivity index (χ4n) is 1.36. The normalized spacial score (nSPS) is 14.2. The summed E-state index contributed by atoms with van der Waals surface area (Å²) < 4.78 is 0. The first-order valence-electron chi connectivity index (χ1n) is 5.20. The second kappa shape index (κ2) is 7.37. The number of carboxylic acid groups (broad SMARTS) is 1. The number of carboxylic acids is 1. The molecule has 1 atom stereocenters. The van der Waals surface area contributed by atoms with Crippen LogP contribution >= 0.6 is 12.4 Å². The summed E-state index contributed by atoms with van der Waals surface area (Å²) >= 11 is 0. The first kappa shape index (κ1) is 19.3. The Balaban J connectivity index is 0. The van der Waals surface area contributed by atoms with E-state index in [1.165, 1.54) is 6.92 Å². The third-order valence-corrected chi connectivity index (χ3v) is 2.61. The van der Waals surface area contributed by atoms with E-state index < -0.39 is 17.3 Å². The minimum atomic E-state index is -2.48. The number of aliphatic hydroxyl groups is 2. The molecule has 8 nitrogen and oxygen atoms in total. The molecule has 0 aliphatic rings. The van der Waals surface area contributed by atoms with Gasteiger partial charge >= 0.3 is 5.97 Å². The van der Waals surface area contributed by atoms with Crippen molar-refractivity contribution in [1.82, 2.24) is 0 Å². The van der Waals surface area contributed by atoms with Crippen molar-refractivity contribution in [2.75, 3.05) is 6.54 Å². The van der Waals surface area contributed by atoms with Gasteiger partial charge in [-0.05, 0) is 12.8 Å². The summed E-state index contributed by atoms with van der Waals surface area (Å²) in [5, 5.41) is 28.1. The zero-order valence-electron chi connectivity index (χ0n) is 10.2. The van der Waals surface area contributed by atoms with Gasteiger partial charge in [0.2, 0.25) is 0 Å². The van der Waals surface area contributed by atoms with Crippen LogP contribution < -0.4 is 17.2 Å². The molecule has 0 aromatic carbocycles. The molecule has 0 radical (unpaired) electrons. The van der Waals surface area contributed by atoms with Gasteiger partial charge in [-0.2, -0.15) is 0 Å². The number of nitrogens with two attached hydrogens (primary N) is 3. The third-order valence-electron chi connectivity index (χ3n) is 2.61. The fraction of sp³-hybridized carbons (Fsp3) is 0.778. The molecule has 0 rings (SSSR count). The molecule has 0 fully saturated rings. The van der Waals surface area contributed by atoms with E-state index >= 15 is 0 Å². The van der Waals surface area contributed by atoms with E-state index in [2.05, 4.69) is 4.99 Å². The first-order valence-corrected chi connectivity index (χ1v) is 5.20. The average molecular weight is 285 g/mol. The van der Waals surface area contributed by atoms with Crippen LogP contribution in [0, 0.1) is 0 Å². The number of carbonyl (C=O) groups is 1. The number of rotatable bonds is 7. The zero-order valence-corrected chi connectivity index (χ0v) is 11.0. The van der Waals surface area contributed by atoms with Crippen molar-refractivity contribution < 1.29 is 20.1 Å². The molecule has 18 heavy (non-hydrogen) atoms. The van der Waals surface area contributed by atoms with Crippen molar-refractivity contribution in [1.29, 1.82) is 0 Å². The number of aliphatic imine (C=N–C) groups is 1. The molecular formula is C9H21ClN4O4. The van der Waals surface area contributed by atoms with Crippen LogP contribution in [0.3, 0.4) is 0 Å². The Morgan fingerprint density at radius 3 is 2.17 bits per heavy atom. The number of hydrogen-bond acceptors (Lipinski definition) is 5. The van der Waals surface area contributed by atoms with Crippen LogP contribution in [0.2, 0.25) is 0 Å². The lowest BCUT2D eigenvalue weighted by molar-refractivity contribution is -0.220. The van der Waals surface area contributed by atoms with Gasteiger partial charge in [-0.1, -0.05) is 6.92 Å². The van der Waals surface area contributed by atoms with Gasteiger partial charge in [0.15, 0.2) is 17.3 Å². The number of nitrogens with zero attached hydrogens (tertiary/aromatic N) is 1. The highest BCUT2D eigenvalue weighted by Gasteiger charge is 2.51. The smallest absolute Gasteiger partial charge is 0.329 e. The largest absolute Gasteiger partial charge is 0.480 e. The first-order chi connectivity index (χ1) is 7.67. The van der Waals surface area contributed by atoms with Crippen LogP contribution in [0.15, 0.2) is 4.99 Å². The second-order valence-electron chi connectivity index (χ2n) is 3.86. The third kappa shape index (κ3) is 4.65. The van der Waals surface area contributed by atoms with Crippen molar-refractivity contribution in [3.63, 3.8) is 0 Å². The van der Waals surface area contributed by atoms with Crippen LogP contribution in [0.1, 0.15) is 26.2 Å². The van der Waals surface area contributed by atoms with E-state index in [4.69, 9.17) is 22.3 Å². The van der Waals surface area contributed by atoms with Gasteiger partial charge in [0.05, 0.1) is 0 Å². The van der Waals surface area contributed by atoms with Crippen LogP contribution in [-0.2, 0) is 4.79 Å². The van der Waals surface area contributed by atoms with Crippen molar-refractivity contribution in [3.05, 3.63) is 0 Å². The van der Waals surface area contributed by atoms with Gasteiger partial charge < -0.3 is 32.5 Å². The average Bonchev–Trinajstić information content (AvgIpc) is 2.23. The van der Waals surface area contributed by atoms with Crippen molar-refractivity contribution in [2.24, 2.45) is 22.2 Å². The summed E-state index contributed by atoms with van der Waals surface area (Å²) in [4.78, 5) is 14.7. The highest BCUT2D eigenvalue weighted by atomic mass is 35.5. The maximum Gasteiger partial charge on any atom is 0.329 e. The maximum atomic E-state index is 11.0. The molecule has 0 aromatic rings. The lowest BCUT2D eigenvalue weighted by Crippen LogP contribution is -2.65. The molecule has 0 bridgehead atoms. The van der Waals surface area contributed by atoms with E-state index in [-0.39, 0.29) is 44.2 Å². The maximum absolute atomic E-state index is 11.0. The topological polar surface area (TPSA) is 168 Å². The van der Waals surface area contributed by atoms with Crippen molar-refractivity contribution in [2.45, 2.75) is 37.5 Å². The number of halogens is 1. The molecule has 108 valence electrons. The SMILES string of the molecule is CCC(O)(O)C(N)(CCCN=C(N)N)C(=O)O.Cl. The summed E-state index contributed by atoms with van der Waals surface area (Å²) in [5.41, 5.74) is 13.6. The van der Waals surface area contributed by atoms with Crippen LogP contribution in [0.4, 0.5) is 0 Å². The van der Waals surface area contributed by atoms with Gasteiger partial charge in [0.25, 0.3) is 0 Å². The zero-order chi connectivity index (χ0) is 13.7.